The second-order valence-electron chi connectivity index (χ2n) is 9.60. The van der Waals surface area contributed by atoms with Gasteiger partial charge in [0.25, 0.3) is 5.91 Å². The van der Waals surface area contributed by atoms with Crippen molar-refractivity contribution in [3.05, 3.63) is 70.8 Å². The van der Waals surface area contributed by atoms with Crippen molar-refractivity contribution >= 4 is 5.91 Å². The van der Waals surface area contributed by atoms with Gasteiger partial charge >= 0.3 is 6.18 Å². The normalized spacial score (nSPS) is 24.3. The Morgan fingerprint density at radius 3 is 2.35 bits per heavy atom. The Morgan fingerprint density at radius 1 is 1.08 bits per heavy atom. The first-order valence-corrected chi connectivity index (χ1v) is 11.8. The molecular weight excluding hydrogens is 501 g/mol. The first-order valence-electron chi connectivity index (χ1n) is 11.8. The predicted molar refractivity (Wildman–Crippen MR) is 123 cm³/mol. The van der Waals surface area contributed by atoms with Crippen LogP contribution < -0.4 is 5.32 Å². The lowest BCUT2D eigenvalue weighted by atomic mass is 9.78. The molecule has 0 heterocycles. The summed E-state index contributed by atoms with van der Waals surface area (Å²) in [4.78, 5) is 13.3. The SMILES string of the molecule is CC(C)CNC(=O)[C@@]1(OCc2cccc(C(F)(F)F)c2)CC(OCc2c(F)cccc2F)[C@H](O)[C@H](O)C1. The number of carbonyl (C=O) groups excluding carboxylic acids is 1. The molecule has 0 aromatic heterocycles. The number of hydrogen-bond donors (Lipinski definition) is 3. The molecule has 1 aliphatic rings. The van der Waals surface area contributed by atoms with E-state index in [9.17, 15) is 37.0 Å². The molecule has 1 unspecified atom stereocenters. The highest BCUT2D eigenvalue weighted by molar-refractivity contribution is 5.85. The zero-order chi connectivity index (χ0) is 27.4. The van der Waals surface area contributed by atoms with E-state index in [2.05, 4.69) is 5.32 Å². The quantitative estimate of drug-likeness (QED) is 0.424. The fourth-order valence-electron chi connectivity index (χ4n) is 4.14. The molecule has 3 rings (SSSR count). The van der Waals surface area contributed by atoms with Crippen molar-refractivity contribution in [2.75, 3.05) is 6.54 Å². The molecule has 2 aromatic rings. The molecular formula is C26H30F5NO5. The summed E-state index contributed by atoms with van der Waals surface area (Å²) < 4.78 is 79.0. The number of halogens is 5. The number of aliphatic hydroxyl groups excluding tert-OH is 2. The Hall–Kier alpha value is -2.60. The van der Waals surface area contributed by atoms with Gasteiger partial charge in [-0.05, 0) is 35.7 Å². The van der Waals surface area contributed by atoms with Crippen LogP contribution in [0.15, 0.2) is 42.5 Å². The maximum Gasteiger partial charge on any atom is 0.416 e. The summed E-state index contributed by atoms with van der Waals surface area (Å²) in [5.74, 6) is -2.33. The van der Waals surface area contributed by atoms with Gasteiger partial charge in [-0.3, -0.25) is 4.79 Å². The largest absolute Gasteiger partial charge is 0.416 e. The number of ether oxygens (including phenoxy) is 2. The minimum Gasteiger partial charge on any atom is -0.390 e. The first-order chi connectivity index (χ1) is 17.3. The van der Waals surface area contributed by atoms with Crippen LogP contribution in [0.1, 0.15) is 43.4 Å². The molecule has 204 valence electrons. The van der Waals surface area contributed by atoms with Gasteiger partial charge in [0, 0.05) is 24.9 Å². The highest BCUT2D eigenvalue weighted by Gasteiger charge is 2.51. The van der Waals surface area contributed by atoms with Crippen molar-refractivity contribution in [2.24, 2.45) is 5.92 Å². The van der Waals surface area contributed by atoms with Gasteiger partial charge in [-0.15, -0.1) is 0 Å². The minimum absolute atomic E-state index is 0.0552. The third-order valence-electron chi connectivity index (χ3n) is 6.20. The topological polar surface area (TPSA) is 88.0 Å². The van der Waals surface area contributed by atoms with Crippen molar-refractivity contribution in [1.29, 1.82) is 0 Å². The van der Waals surface area contributed by atoms with E-state index in [-0.39, 0.29) is 30.9 Å². The molecule has 0 bridgehead atoms. The summed E-state index contributed by atoms with van der Waals surface area (Å²) in [5.41, 5.74) is -2.94. The Kier molecular flexibility index (Phi) is 9.27. The van der Waals surface area contributed by atoms with E-state index in [1.165, 1.54) is 18.2 Å². The summed E-state index contributed by atoms with van der Waals surface area (Å²) in [6.45, 7) is 2.95. The summed E-state index contributed by atoms with van der Waals surface area (Å²) in [6.07, 6.45) is -9.55. The van der Waals surface area contributed by atoms with E-state index in [0.717, 1.165) is 24.3 Å². The van der Waals surface area contributed by atoms with Crippen molar-refractivity contribution in [1.82, 2.24) is 5.32 Å². The Labute approximate surface area is 211 Å². The molecule has 37 heavy (non-hydrogen) atoms. The highest BCUT2D eigenvalue weighted by atomic mass is 19.4. The molecule has 4 atom stereocenters. The smallest absolute Gasteiger partial charge is 0.390 e. The molecule has 3 N–H and O–H groups in total. The van der Waals surface area contributed by atoms with Gasteiger partial charge in [0.1, 0.15) is 17.7 Å². The van der Waals surface area contributed by atoms with Gasteiger partial charge in [-0.25, -0.2) is 8.78 Å². The lowest BCUT2D eigenvalue weighted by Crippen LogP contribution is -2.60. The van der Waals surface area contributed by atoms with Crippen LogP contribution in [0.4, 0.5) is 22.0 Å². The van der Waals surface area contributed by atoms with Crippen LogP contribution in [0.3, 0.4) is 0 Å². The number of carbonyl (C=O) groups is 1. The van der Waals surface area contributed by atoms with E-state index >= 15 is 0 Å². The van der Waals surface area contributed by atoms with Gasteiger partial charge in [-0.2, -0.15) is 13.2 Å². The van der Waals surface area contributed by atoms with Crippen molar-refractivity contribution < 1.29 is 46.4 Å². The van der Waals surface area contributed by atoms with E-state index in [0.29, 0.717) is 0 Å². The van der Waals surface area contributed by atoms with Crippen LogP contribution in [0.25, 0.3) is 0 Å². The van der Waals surface area contributed by atoms with Crippen LogP contribution >= 0.6 is 0 Å². The maximum atomic E-state index is 14.1. The molecule has 1 amide bonds. The fraction of sp³-hybridized carbons (Fsp3) is 0.500. The van der Waals surface area contributed by atoms with E-state index in [1.54, 1.807) is 0 Å². The zero-order valence-electron chi connectivity index (χ0n) is 20.4. The third kappa shape index (κ3) is 7.25. The number of alkyl halides is 3. The summed E-state index contributed by atoms with van der Waals surface area (Å²) >= 11 is 0. The maximum absolute atomic E-state index is 14.1. The lowest BCUT2D eigenvalue weighted by molar-refractivity contribution is -0.200. The Bertz CT molecular complexity index is 1060. The second kappa shape index (κ2) is 11.8. The van der Waals surface area contributed by atoms with E-state index < -0.39 is 72.0 Å². The van der Waals surface area contributed by atoms with Crippen LogP contribution in [0.5, 0.6) is 0 Å². The standard InChI is InChI=1S/C26H30F5NO5/c1-15(2)12-32-24(35)25(37-13-16-5-3-6-17(9-16)26(29,30)31)10-21(33)23(34)22(11-25)36-14-18-19(27)7-4-8-20(18)28/h3-9,15,21-23,33-34H,10-14H2,1-2H3,(H,32,35)/t21-,22?,23-,25+/m1/s1. The monoisotopic (exact) mass is 531 g/mol. The van der Waals surface area contributed by atoms with Crippen LogP contribution in [0.2, 0.25) is 0 Å². The van der Waals surface area contributed by atoms with Gasteiger partial charge in [0.2, 0.25) is 0 Å². The average Bonchev–Trinajstić information content (AvgIpc) is 2.83. The molecule has 0 aliphatic heterocycles. The summed E-state index contributed by atoms with van der Waals surface area (Å²) in [7, 11) is 0. The molecule has 2 aromatic carbocycles. The number of nitrogens with one attached hydrogen (secondary N) is 1. The predicted octanol–water partition coefficient (Wildman–Crippen LogP) is 4.11. The third-order valence-corrected chi connectivity index (χ3v) is 6.20. The molecule has 0 radical (unpaired) electrons. The van der Waals surface area contributed by atoms with Gasteiger partial charge in [-0.1, -0.05) is 32.0 Å². The number of hydrogen-bond acceptors (Lipinski definition) is 5. The van der Waals surface area contributed by atoms with E-state index in [4.69, 9.17) is 9.47 Å². The average molecular weight is 532 g/mol. The second-order valence-corrected chi connectivity index (χ2v) is 9.60. The summed E-state index contributed by atoms with van der Waals surface area (Å²) in [6, 6.07) is 7.66. The number of rotatable bonds is 9. The lowest BCUT2D eigenvalue weighted by Gasteiger charge is -2.44. The van der Waals surface area contributed by atoms with Crippen LogP contribution in [0, 0.1) is 17.6 Å². The molecule has 6 nitrogen and oxygen atoms in total. The Morgan fingerprint density at radius 2 is 1.73 bits per heavy atom. The molecule has 0 saturated heterocycles. The molecule has 1 aliphatic carbocycles. The fourth-order valence-corrected chi connectivity index (χ4v) is 4.14. The van der Waals surface area contributed by atoms with Crippen LogP contribution in [-0.4, -0.2) is 46.6 Å². The van der Waals surface area contributed by atoms with Crippen molar-refractivity contribution in [3.63, 3.8) is 0 Å². The molecule has 0 spiro atoms. The van der Waals surface area contributed by atoms with E-state index in [1.807, 2.05) is 13.8 Å². The molecule has 1 fully saturated rings. The van der Waals surface area contributed by atoms with Crippen molar-refractivity contribution in [2.45, 2.75) is 70.0 Å². The van der Waals surface area contributed by atoms with Gasteiger partial charge in [0.05, 0.1) is 31.0 Å². The van der Waals surface area contributed by atoms with Crippen LogP contribution in [-0.2, 0) is 33.7 Å². The number of aliphatic hydroxyl groups is 2. The molecule has 1 saturated carbocycles. The highest BCUT2D eigenvalue weighted by Crippen LogP contribution is 2.36. The zero-order valence-corrected chi connectivity index (χ0v) is 20.4. The van der Waals surface area contributed by atoms with Crippen molar-refractivity contribution in [3.8, 4) is 0 Å². The number of benzene rings is 2. The van der Waals surface area contributed by atoms with Gasteiger partial charge in [0.15, 0.2) is 5.60 Å². The number of amides is 1. The molecule has 11 heteroatoms. The first kappa shape index (κ1) is 29.0. The Balaban J connectivity index is 1.85. The minimum atomic E-state index is -4.57. The summed E-state index contributed by atoms with van der Waals surface area (Å²) in [5, 5.41) is 23.8. The van der Waals surface area contributed by atoms with Gasteiger partial charge < -0.3 is 25.0 Å².